The number of hydrogen-bond acceptors (Lipinski definition) is 3. The Balaban J connectivity index is 1.66. The molecule has 0 radical (unpaired) electrons. The molecular weight excluding hydrogens is 340 g/mol. The van der Waals surface area contributed by atoms with Gasteiger partial charge in [-0.15, -0.1) is 0 Å². The predicted molar refractivity (Wildman–Crippen MR) is 104 cm³/mol. The SMILES string of the molecule is Cc1ccc(C[NH+](C)CC(=O)Nc2ccccc2C(=O)c2ccccc2)o1. The zero-order valence-electron chi connectivity index (χ0n) is 15.5. The quantitative estimate of drug-likeness (QED) is 0.634. The highest BCUT2D eigenvalue weighted by molar-refractivity contribution is 6.13. The van der Waals surface area contributed by atoms with Crippen LogP contribution in [0.15, 0.2) is 71.1 Å². The Bertz CT molecular complexity index is 931. The van der Waals surface area contributed by atoms with Crippen LogP contribution in [0.2, 0.25) is 0 Å². The number of anilines is 1. The molecule has 3 rings (SSSR count). The Hall–Kier alpha value is -3.18. The molecule has 5 heteroatoms. The molecule has 0 aliphatic rings. The molecule has 5 nitrogen and oxygen atoms in total. The molecule has 1 unspecified atom stereocenters. The normalized spacial score (nSPS) is 11.8. The largest absolute Gasteiger partial charge is 0.460 e. The van der Waals surface area contributed by atoms with Crippen molar-refractivity contribution in [2.24, 2.45) is 0 Å². The summed E-state index contributed by atoms with van der Waals surface area (Å²) >= 11 is 0. The first-order chi connectivity index (χ1) is 13.0. The summed E-state index contributed by atoms with van der Waals surface area (Å²) in [5, 5.41) is 2.87. The molecule has 1 aromatic heterocycles. The lowest BCUT2D eigenvalue weighted by molar-refractivity contribution is -0.886. The summed E-state index contributed by atoms with van der Waals surface area (Å²) in [7, 11) is 1.93. The van der Waals surface area contributed by atoms with Gasteiger partial charge in [0.05, 0.1) is 12.7 Å². The van der Waals surface area contributed by atoms with Gasteiger partial charge in [-0.3, -0.25) is 9.59 Å². The van der Waals surface area contributed by atoms with Gasteiger partial charge in [-0.1, -0.05) is 42.5 Å². The van der Waals surface area contributed by atoms with Crippen molar-refractivity contribution in [2.45, 2.75) is 13.5 Å². The number of likely N-dealkylation sites (N-methyl/N-ethyl adjacent to an activating group) is 1. The van der Waals surface area contributed by atoms with Crippen LogP contribution in [0.5, 0.6) is 0 Å². The van der Waals surface area contributed by atoms with Crippen LogP contribution in [-0.4, -0.2) is 25.3 Å². The van der Waals surface area contributed by atoms with Gasteiger partial charge in [0.15, 0.2) is 18.1 Å². The summed E-state index contributed by atoms with van der Waals surface area (Å²) in [5.74, 6) is 1.44. The van der Waals surface area contributed by atoms with Gasteiger partial charge in [0.2, 0.25) is 0 Å². The number of carbonyl (C=O) groups is 2. The second-order valence-electron chi connectivity index (χ2n) is 6.61. The fourth-order valence-corrected chi connectivity index (χ4v) is 2.94. The minimum Gasteiger partial charge on any atom is -0.460 e. The molecule has 2 aromatic carbocycles. The maximum absolute atomic E-state index is 12.7. The molecule has 0 aliphatic carbocycles. The second kappa shape index (κ2) is 8.47. The van der Waals surface area contributed by atoms with E-state index >= 15 is 0 Å². The van der Waals surface area contributed by atoms with Crippen molar-refractivity contribution >= 4 is 17.4 Å². The van der Waals surface area contributed by atoms with Crippen molar-refractivity contribution in [3.8, 4) is 0 Å². The molecule has 0 saturated carbocycles. The average Bonchev–Trinajstić information content (AvgIpc) is 3.06. The Morgan fingerprint density at radius 2 is 1.67 bits per heavy atom. The number of rotatable bonds is 7. The van der Waals surface area contributed by atoms with Crippen LogP contribution in [0.25, 0.3) is 0 Å². The van der Waals surface area contributed by atoms with Crippen LogP contribution in [0, 0.1) is 6.92 Å². The molecule has 0 aliphatic heterocycles. The molecule has 1 amide bonds. The number of aryl methyl sites for hydroxylation is 1. The van der Waals surface area contributed by atoms with Gasteiger partial charge in [0.25, 0.3) is 5.91 Å². The van der Waals surface area contributed by atoms with Gasteiger partial charge in [-0.2, -0.15) is 0 Å². The van der Waals surface area contributed by atoms with Crippen molar-refractivity contribution in [3.63, 3.8) is 0 Å². The number of ketones is 1. The molecule has 0 fully saturated rings. The summed E-state index contributed by atoms with van der Waals surface area (Å²) < 4.78 is 5.56. The number of furan rings is 1. The van der Waals surface area contributed by atoms with Crippen LogP contribution in [0.1, 0.15) is 27.4 Å². The number of carbonyl (C=O) groups excluding carboxylic acids is 2. The number of amides is 1. The predicted octanol–water partition coefficient (Wildman–Crippen LogP) is 2.47. The first-order valence-electron chi connectivity index (χ1n) is 8.88. The first-order valence-corrected chi connectivity index (χ1v) is 8.88. The lowest BCUT2D eigenvalue weighted by Gasteiger charge is -2.14. The topological polar surface area (TPSA) is 63.8 Å². The third-order valence-electron chi connectivity index (χ3n) is 4.22. The van der Waals surface area contributed by atoms with Gasteiger partial charge in [0.1, 0.15) is 12.3 Å². The summed E-state index contributed by atoms with van der Waals surface area (Å²) in [4.78, 5) is 26.2. The van der Waals surface area contributed by atoms with E-state index in [0.29, 0.717) is 23.4 Å². The Kier molecular flexibility index (Phi) is 5.84. The van der Waals surface area contributed by atoms with Crippen LogP contribution in [0.4, 0.5) is 5.69 Å². The monoisotopic (exact) mass is 363 g/mol. The number of para-hydroxylation sites is 1. The minimum atomic E-state index is -0.149. The van der Waals surface area contributed by atoms with E-state index in [0.717, 1.165) is 16.4 Å². The van der Waals surface area contributed by atoms with Crippen molar-refractivity contribution in [3.05, 3.63) is 89.4 Å². The zero-order valence-corrected chi connectivity index (χ0v) is 15.5. The zero-order chi connectivity index (χ0) is 19.2. The van der Waals surface area contributed by atoms with E-state index in [-0.39, 0.29) is 18.2 Å². The van der Waals surface area contributed by atoms with Crippen molar-refractivity contribution in [1.29, 1.82) is 0 Å². The number of quaternary nitrogens is 1. The Morgan fingerprint density at radius 1 is 0.963 bits per heavy atom. The Morgan fingerprint density at radius 3 is 2.37 bits per heavy atom. The number of nitrogens with one attached hydrogen (secondary N) is 2. The molecule has 0 spiro atoms. The van der Waals surface area contributed by atoms with Gasteiger partial charge in [-0.05, 0) is 31.2 Å². The van der Waals surface area contributed by atoms with E-state index in [1.165, 1.54) is 0 Å². The molecule has 138 valence electrons. The van der Waals surface area contributed by atoms with Crippen molar-refractivity contribution in [1.82, 2.24) is 0 Å². The molecular formula is C22H23N2O3+. The molecule has 1 atom stereocenters. The average molecular weight is 363 g/mol. The van der Waals surface area contributed by atoms with E-state index in [2.05, 4.69) is 5.32 Å². The van der Waals surface area contributed by atoms with Crippen LogP contribution < -0.4 is 10.2 Å². The summed E-state index contributed by atoms with van der Waals surface area (Å²) in [6, 6.07) is 20.0. The molecule has 0 bridgehead atoms. The van der Waals surface area contributed by atoms with E-state index < -0.39 is 0 Å². The molecule has 0 saturated heterocycles. The van der Waals surface area contributed by atoms with E-state index in [1.807, 2.05) is 44.3 Å². The van der Waals surface area contributed by atoms with E-state index in [1.54, 1.807) is 36.4 Å². The number of hydrogen-bond donors (Lipinski definition) is 2. The lowest BCUT2D eigenvalue weighted by Crippen LogP contribution is -3.08. The highest BCUT2D eigenvalue weighted by Crippen LogP contribution is 2.19. The minimum absolute atomic E-state index is 0.113. The van der Waals surface area contributed by atoms with Crippen LogP contribution in [0.3, 0.4) is 0 Å². The standard InChI is InChI=1S/C22H22N2O3/c1-16-12-13-18(27-16)14-24(2)15-21(25)23-20-11-7-6-10-19(20)22(26)17-8-4-3-5-9-17/h3-13H,14-15H2,1-2H3,(H,23,25)/p+1. The smallest absolute Gasteiger partial charge is 0.279 e. The van der Waals surface area contributed by atoms with Crippen LogP contribution >= 0.6 is 0 Å². The van der Waals surface area contributed by atoms with Crippen molar-refractivity contribution < 1.29 is 18.9 Å². The maximum atomic E-state index is 12.7. The van der Waals surface area contributed by atoms with Gasteiger partial charge in [0, 0.05) is 11.1 Å². The van der Waals surface area contributed by atoms with Crippen LogP contribution in [-0.2, 0) is 11.3 Å². The third kappa shape index (κ3) is 4.92. The molecule has 1 heterocycles. The first kappa shape index (κ1) is 18.6. The number of benzene rings is 2. The third-order valence-corrected chi connectivity index (χ3v) is 4.22. The lowest BCUT2D eigenvalue weighted by atomic mass is 10.0. The summed E-state index contributed by atoms with van der Waals surface area (Å²) in [6.07, 6.45) is 0. The fraction of sp³-hybridized carbons (Fsp3) is 0.182. The summed E-state index contributed by atoms with van der Waals surface area (Å²) in [5.41, 5.74) is 1.60. The van der Waals surface area contributed by atoms with Crippen molar-refractivity contribution in [2.75, 3.05) is 18.9 Å². The summed E-state index contributed by atoms with van der Waals surface area (Å²) in [6.45, 7) is 2.78. The van der Waals surface area contributed by atoms with Gasteiger partial charge in [-0.25, -0.2) is 0 Å². The van der Waals surface area contributed by atoms with E-state index in [9.17, 15) is 9.59 Å². The van der Waals surface area contributed by atoms with E-state index in [4.69, 9.17) is 4.42 Å². The Labute approximate surface area is 158 Å². The molecule has 27 heavy (non-hydrogen) atoms. The molecule has 3 aromatic rings. The fourth-order valence-electron chi connectivity index (χ4n) is 2.94. The molecule has 2 N–H and O–H groups in total. The maximum Gasteiger partial charge on any atom is 0.279 e. The van der Waals surface area contributed by atoms with Gasteiger partial charge < -0.3 is 14.6 Å². The van der Waals surface area contributed by atoms with Gasteiger partial charge >= 0.3 is 0 Å². The highest BCUT2D eigenvalue weighted by Gasteiger charge is 2.17. The highest BCUT2D eigenvalue weighted by atomic mass is 16.3. The second-order valence-corrected chi connectivity index (χ2v) is 6.61.